The molecule has 0 saturated carbocycles. The van der Waals surface area contributed by atoms with Gasteiger partial charge in [-0.15, -0.1) is 0 Å². The minimum Gasteiger partial charge on any atom is -0.325 e. The number of thioether (sulfide) groups is 1. The highest BCUT2D eigenvalue weighted by Gasteiger charge is 2.73. The number of carbonyl (C=O) groups excluding carboxylic acids is 1. The minimum absolute atomic E-state index is 0.395. The van der Waals surface area contributed by atoms with E-state index >= 15 is 0 Å². The summed E-state index contributed by atoms with van der Waals surface area (Å²) < 4.78 is 115. The number of anilines is 1. The topological polar surface area (TPSA) is 106 Å². The number of alkyl halides is 7. The van der Waals surface area contributed by atoms with Gasteiger partial charge in [-0.05, 0) is 36.0 Å². The van der Waals surface area contributed by atoms with Crippen LogP contribution in [0.3, 0.4) is 0 Å². The first-order valence-electron chi connectivity index (χ1n) is 8.35. The molecule has 2 aromatic carbocycles. The van der Waals surface area contributed by atoms with Gasteiger partial charge in [0.25, 0.3) is 5.69 Å². The zero-order valence-corrected chi connectivity index (χ0v) is 17.4. The van der Waals surface area contributed by atoms with Crippen LogP contribution in [0.15, 0.2) is 58.3 Å². The first-order chi connectivity index (χ1) is 15.0. The molecule has 2 aromatic rings. The van der Waals surface area contributed by atoms with Crippen molar-refractivity contribution < 1.29 is 48.9 Å². The first kappa shape index (κ1) is 26.4. The second kappa shape index (κ2) is 9.17. The number of amides is 1. The lowest BCUT2D eigenvalue weighted by molar-refractivity contribution is -0.387. The van der Waals surface area contributed by atoms with Gasteiger partial charge in [-0.2, -0.15) is 30.7 Å². The third-order valence-electron chi connectivity index (χ3n) is 3.80. The van der Waals surface area contributed by atoms with E-state index in [0.717, 1.165) is 30.3 Å². The normalized spacial score (nSPS) is 12.9. The van der Waals surface area contributed by atoms with Gasteiger partial charge in [-0.25, -0.2) is 8.42 Å². The monoisotopic (exact) mass is 520 g/mol. The van der Waals surface area contributed by atoms with Crippen molar-refractivity contribution in [1.82, 2.24) is 0 Å². The summed E-state index contributed by atoms with van der Waals surface area (Å²) in [5, 5.41) is 7.34. The van der Waals surface area contributed by atoms with Gasteiger partial charge in [-0.1, -0.05) is 18.2 Å². The average molecular weight is 520 g/mol. The number of rotatable bonds is 8. The van der Waals surface area contributed by atoms with Gasteiger partial charge in [0, 0.05) is 16.6 Å². The molecule has 180 valence electrons. The number of para-hydroxylation sites is 1. The van der Waals surface area contributed by atoms with Crippen LogP contribution in [-0.4, -0.2) is 42.4 Å². The molecule has 1 N–H and O–H groups in total. The summed E-state index contributed by atoms with van der Waals surface area (Å²) in [5.74, 6) is -8.94. The molecule has 0 saturated heterocycles. The molecule has 0 aliphatic rings. The second-order valence-electron chi connectivity index (χ2n) is 6.25. The lowest BCUT2D eigenvalue weighted by Crippen LogP contribution is -2.49. The van der Waals surface area contributed by atoms with Gasteiger partial charge in [-0.3, -0.25) is 14.9 Å². The van der Waals surface area contributed by atoms with Crippen molar-refractivity contribution in [2.24, 2.45) is 0 Å². The van der Waals surface area contributed by atoms with Crippen molar-refractivity contribution in [2.75, 3.05) is 11.1 Å². The molecular formula is C17H11F7N2O5S2. The molecule has 0 aromatic heterocycles. The predicted octanol–water partition coefficient (Wildman–Crippen LogP) is 4.89. The van der Waals surface area contributed by atoms with E-state index < -0.39 is 76.7 Å². The maximum Gasteiger partial charge on any atom is 0.460 e. The van der Waals surface area contributed by atoms with E-state index in [4.69, 9.17) is 0 Å². The molecule has 0 heterocycles. The summed E-state index contributed by atoms with van der Waals surface area (Å²) in [7, 11) is -4.53. The van der Waals surface area contributed by atoms with Crippen LogP contribution in [0.4, 0.5) is 42.1 Å². The van der Waals surface area contributed by atoms with Crippen molar-refractivity contribution in [2.45, 2.75) is 27.1 Å². The van der Waals surface area contributed by atoms with Crippen molar-refractivity contribution >= 4 is 38.9 Å². The predicted molar refractivity (Wildman–Crippen MR) is 102 cm³/mol. The molecule has 1 amide bonds. The fraction of sp³-hybridized carbons (Fsp3) is 0.235. The Kier molecular flexibility index (Phi) is 7.33. The summed E-state index contributed by atoms with van der Waals surface area (Å²) in [6, 6.07) is 7.51. The largest absolute Gasteiger partial charge is 0.460 e. The Morgan fingerprint density at radius 1 is 1.00 bits per heavy atom. The fourth-order valence-corrected chi connectivity index (χ4v) is 4.53. The number of carbonyl (C=O) groups is 1. The summed E-state index contributed by atoms with van der Waals surface area (Å²) in [4.78, 5) is 20.5. The van der Waals surface area contributed by atoms with E-state index in [1.807, 2.05) is 5.32 Å². The van der Waals surface area contributed by atoms with Crippen molar-refractivity contribution in [3.05, 3.63) is 58.6 Å². The van der Waals surface area contributed by atoms with Crippen LogP contribution in [-0.2, 0) is 14.6 Å². The summed E-state index contributed by atoms with van der Waals surface area (Å²) in [6.45, 7) is 0. The Balaban J connectivity index is 2.19. The third-order valence-corrected chi connectivity index (χ3v) is 6.46. The molecule has 0 bridgehead atoms. The maximum absolute atomic E-state index is 13.6. The van der Waals surface area contributed by atoms with Gasteiger partial charge >= 0.3 is 17.4 Å². The van der Waals surface area contributed by atoms with Crippen LogP contribution in [0.25, 0.3) is 0 Å². The van der Waals surface area contributed by atoms with E-state index in [9.17, 15) is 54.1 Å². The molecular weight excluding hydrogens is 509 g/mol. The summed E-state index contributed by atoms with van der Waals surface area (Å²) in [6.07, 6.45) is -6.52. The lowest BCUT2D eigenvalue weighted by Gasteiger charge is -2.27. The van der Waals surface area contributed by atoms with E-state index in [-0.39, 0.29) is 0 Å². The zero-order valence-electron chi connectivity index (χ0n) is 15.8. The molecule has 16 heteroatoms. The minimum atomic E-state index is -6.52. The van der Waals surface area contributed by atoms with Gasteiger partial charge in [0.15, 0.2) is 9.84 Å². The van der Waals surface area contributed by atoms with Crippen LogP contribution in [0.1, 0.15) is 0 Å². The van der Waals surface area contributed by atoms with Gasteiger partial charge < -0.3 is 5.32 Å². The van der Waals surface area contributed by atoms with Crippen molar-refractivity contribution in [3.8, 4) is 0 Å². The number of sulfone groups is 1. The number of hydrogen-bond acceptors (Lipinski definition) is 6. The average Bonchev–Trinajstić information content (AvgIpc) is 2.66. The molecule has 2 rings (SSSR count). The molecule has 0 unspecified atom stereocenters. The quantitative estimate of drug-likeness (QED) is 0.230. The number of halogens is 7. The van der Waals surface area contributed by atoms with Gasteiger partial charge in [0.05, 0.1) is 4.92 Å². The Morgan fingerprint density at radius 3 is 2.18 bits per heavy atom. The van der Waals surface area contributed by atoms with Crippen LogP contribution < -0.4 is 5.32 Å². The third kappa shape index (κ3) is 5.93. The van der Waals surface area contributed by atoms with E-state index in [0.29, 0.717) is 6.07 Å². The number of nitrogens with one attached hydrogen (secondary N) is 1. The lowest BCUT2D eigenvalue weighted by atomic mass is 10.3. The summed E-state index contributed by atoms with van der Waals surface area (Å²) >= 11 is -1.11. The number of nitro groups is 1. The Labute approximate surface area is 185 Å². The molecule has 0 spiro atoms. The molecule has 33 heavy (non-hydrogen) atoms. The molecule has 0 aliphatic heterocycles. The highest BCUT2D eigenvalue weighted by molar-refractivity contribution is 8.00. The molecule has 0 aliphatic carbocycles. The summed E-state index contributed by atoms with van der Waals surface area (Å²) in [5.41, 5.74) is -1.19. The maximum atomic E-state index is 13.6. The molecule has 7 nitrogen and oxygen atoms in total. The Bertz CT molecular complexity index is 1170. The van der Waals surface area contributed by atoms with Crippen LogP contribution >= 0.6 is 11.8 Å². The SMILES string of the molecule is O=C(CS(=O)(=O)c1ccccc1[N+](=O)[O-])Nc1cccc(SC(F)(F)C(F)(F)C(F)(F)F)c1. The smallest absolute Gasteiger partial charge is 0.325 e. The number of nitrogens with zero attached hydrogens (tertiary/aromatic N) is 1. The highest BCUT2D eigenvalue weighted by Crippen LogP contribution is 2.53. The van der Waals surface area contributed by atoms with E-state index in [2.05, 4.69) is 0 Å². The van der Waals surface area contributed by atoms with Crippen molar-refractivity contribution in [1.29, 1.82) is 0 Å². The molecule has 0 radical (unpaired) electrons. The molecule has 0 fully saturated rings. The first-order valence-corrected chi connectivity index (χ1v) is 10.8. The Morgan fingerprint density at radius 2 is 1.61 bits per heavy atom. The highest BCUT2D eigenvalue weighted by atomic mass is 32.2. The second-order valence-corrected chi connectivity index (χ2v) is 9.40. The van der Waals surface area contributed by atoms with E-state index in [1.54, 1.807) is 0 Å². The van der Waals surface area contributed by atoms with Crippen LogP contribution in [0.2, 0.25) is 0 Å². The molecule has 0 atom stereocenters. The standard InChI is InChI=1S/C17H11F7N2O5S2/c18-15(19,16(20,21)22)17(23,24)32-11-5-3-4-10(8-11)25-14(27)9-33(30,31)13-7-2-1-6-12(13)26(28)29/h1-8H,9H2,(H,25,27). The van der Waals surface area contributed by atoms with Crippen LogP contribution in [0.5, 0.6) is 0 Å². The van der Waals surface area contributed by atoms with Crippen LogP contribution in [0, 0.1) is 10.1 Å². The van der Waals surface area contributed by atoms with Gasteiger partial charge in [0.1, 0.15) is 10.6 Å². The van der Waals surface area contributed by atoms with E-state index in [1.165, 1.54) is 12.1 Å². The number of hydrogen-bond donors (Lipinski definition) is 1. The Hall–Kier alpha value is -2.88. The van der Waals surface area contributed by atoms with Gasteiger partial charge in [0.2, 0.25) is 5.91 Å². The fourth-order valence-electron chi connectivity index (χ4n) is 2.33. The van der Waals surface area contributed by atoms with Crippen molar-refractivity contribution in [3.63, 3.8) is 0 Å². The zero-order chi connectivity index (χ0) is 25.2. The number of nitro benzene ring substituents is 1. The number of benzene rings is 2.